The molecule has 0 fully saturated rings. The summed E-state index contributed by atoms with van der Waals surface area (Å²) in [6, 6.07) is 14.6. The molecule has 0 bridgehead atoms. The van der Waals surface area contributed by atoms with Crippen molar-refractivity contribution < 1.29 is 14.3 Å². The summed E-state index contributed by atoms with van der Waals surface area (Å²) in [7, 11) is 3.49. The lowest BCUT2D eigenvalue weighted by Gasteiger charge is -2.08. The molecule has 182 valence electrons. The van der Waals surface area contributed by atoms with Gasteiger partial charge in [-0.2, -0.15) is 0 Å². The number of ether oxygens (including phenoxy) is 1. The maximum Gasteiger partial charge on any atom is 0.302 e. The summed E-state index contributed by atoms with van der Waals surface area (Å²) < 4.78 is 8.54. The summed E-state index contributed by atoms with van der Waals surface area (Å²) >= 11 is 11.6. The molecule has 1 N–H and O–H groups in total. The van der Waals surface area contributed by atoms with Gasteiger partial charge in [-0.05, 0) is 30.3 Å². The molecule has 0 atom stereocenters. The third kappa shape index (κ3) is 6.79. The van der Waals surface area contributed by atoms with Crippen molar-refractivity contribution in [3.8, 4) is 5.75 Å². The molecule has 0 aliphatic carbocycles. The number of imidazole rings is 1. The second-order valence-corrected chi connectivity index (χ2v) is 8.41. The number of halogens is 2. The number of rotatable bonds is 8. The van der Waals surface area contributed by atoms with E-state index < -0.39 is 5.56 Å². The predicted molar refractivity (Wildman–Crippen MR) is 136 cm³/mol. The number of aromatic nitrogens is 3. The number of carbonyl (C=O) groups is 2. The van der Waals surface area contributed by atoms with E-state index in [4.69, 9.17) is 27.9 Å². The van der Waals surface area contributed by atoms with E-state index in [1.807, 2.05) is 36.4 Å². The van der Waals surface area contributed by atoms with Crippen LogP contribution in [0.25, 0.3) is 5.78 Å². The van der Waals surface area contributed by atoms with E-state index in [0.717, 1.165) is 11.1 Å². The molecule has 4 aromatic rings. The zero-order chi connectivity index (χ0) is 25.4. The molecule has 35 heavy (non-hydrogen) atoms. The highest BCUT2D eigenvalue weighted by molar-refractivity contribution is 6.42. The number of hydrogen-bond acceptors (Lipinski definition) is 6. The van der Waals surface area contributed by atoms with Crippen LogP contribution in [0.3, 0.4) is 0 Å². The summed E-state index contributed by atoms with van der Waals surface area (Å²) in [5.74, 6) is 0.498. The number of nitrogens with zero attached hydrogens (tertiary/aromatic N) is 3. The summed E-state index contributed by atoms with van der Waals surface area (Å²) in [5, 5.41) is 3.80. The minimum atomic E-state index is -0.390. The van der Waals surface area contributed by atoms with E-state index >= 15 is 0 Å². The van der Waals surface area contributed by atoms with Crippen LogP contribution in [-0.4, -0.2) is 39.6 Å². The molecule has 2 heterocycles. The second-order valence-electron chi connectivity index (χ2n) is 7.60. The fourth-order valence-electron chi connectivity index (χ4n) is 3.22. The maximum atomic E-state index is 12.4. The first kappa shape index (κ1) is 26.2. The average molecular weight is 515 g/mol. The van der Waals surface area contributed by atoms with E-state index in [2.05, 4.69) is 10.3 Å². The molecule has 2 aromatic heterocycles. The van der Waals surface area contributed by atoms with Crippen LogP contribution in [0.2, 0.25) is 10.0 Å². The predicted octanol–water partition coefficient (Wildman–Crippen LogP) is 3.75. The monoisotopic (exact) mass is 514 g/mol. The number of aldehydes is 1. The van der Waals surface area contributed by atoms with Crippen molar-refractivity contribution in [3.05, 3.63) is 98.1 Å². The summed E-state index contributed by atoms with van der Waals surface area (Å²) in [6.45, 7) is 0.581. The lowest BCUT2D eigenvalue weighted by atomic mass is 10.1. The fraction of sp³-hybridized carbons (Fsp3) is 0.200. The van der Waals surface area contributed by atoms with Crippen molar-refractivity contribution in [2.45, 2.75) is 13.0 Å². The van der Waals surface area contributed by atoms with E-state index in [9.17, 15) is 14.4 Å². The summed E-state index contributed by atoms with van der Waals surface area (Å²) in [5.41, 5.74) is 1.42. The Morgan fingerprint density at radius 3 is 2.49 bits per heavy atom. The van der Waals surface area contributed by atoms with Crippen molar-refractivity contribution >= 4 is 41.0 Å². The lowest BCUT2D eigenvalue weighted by molar-refractivity contribution is -0.117. The molecule has 8 nitrogen and oxygen atoms in total. The van der Waals surface area contributed by atoms with Crippen molar-refractivity contribution in [2.75, 3.05) is 13.6 Å². The molecule has 0 saturated heterocycles. The molecule has 0 aliphatic heterocycles. The normalized spacial score (nSPS) is 10.5. The largest absolute Gasteiger partial charge is 0.481 e. The van der Waals surface area contributed by atoms with Crippen molar-refractivity contribution in [1.82, 2.24) is 19.3 Å². The molecule has 0 spiro atoms. The van der Waals surface area contributed by atoms with Gasteiger partial charge in [0.15, 0.2) is 17.8 Å². The molecule has 0 aliphatic rings. The molecule has 0 radical (unpaired) electrons. The molecular weight excluding hydrogens is 491 g/mol. The molecule has 2 aromatic carbocycles. The Morgan fingerprint density at radius 1 is 1.09 bits per heavy atom. The van der Waals surface area contributed by atoms with Gasteiger partial charge in [-0.3, -0.25) is 14.4 Å². The van der Waals surface area contributed by atoms with E-state index in [-0.39, 0.29) is 23.8 Å². The third-order valence-electron chi connectivity index (χ3n) is 4.93. The lowest BCUT2D eigenvalue weighted by Crippen LogP contribution is -2.20. The third-order valence-corrected chi connectivity index (χ3v) is 5.67. The van der Waals surface area contributed by atoms with Crippen LogP contribution in [0, 0.1) is 0 Å². The molecule has 4 rings (SSSR count). The van der Waals surface area contributed by atoms with Gasteiger partial charge in [0.25, 0.3) is 0 Å². The molecule has 10 heteroatoms. The quantitative estimate of drug-likeness (QED) is 0.360. The van der Waals surface area contributed by atoms with E-state index in [1.54, 1.807) is 43.2 Å². The molecule has 0 saturated carbocycles. The Labute approximate surface area is 212 Å². The average Bonchev–Trinajstić information content (AvgIpc) is 3.22. The SMILES string of the molecule is CNCC(=O)Cc1ccc(Cl)c(Cl)c1.Cn1ccn2c(=O)c(OCc3ccccc3)c(C=O)nc12. The Bertz CT molecular complexity index is 1380. The highest BCUT2D eigenvalue weighted by Crippen LogP contribution is 2.22. The van der Waals surface area contributed by atoms with Crippen LogP contribution in [0.1, 0.15) is 21.6 Å². The Hall–Kier alpha value is -3.46. The summed E-state index contributed by atoms with van der Waals surface area (Å²) in [6.07, 6.45) is 4.21. The van der Waals surface area contributed by atoms with Crippen LogP contribution in [-0.2, 0) is 24.9 Å². The first-order valence-electron chi connectivity index (χ1n) is 10.6. The minimum absolute atomic E-state index is 0.0118. The number of carbonyl (C=O) groups excluding carboxylic acids is 2. The number of fused-ring (bicyclic) bond motifs is 1. The van der Waals surface area contributed by atoms with Gasteiger partial charge in [0, 0.05) is 25.9 Å². The number of likely N-dealkylation sites (N-methyl/N-ethyl adjacent to an activating group) is 1. The number of hydrogen-bond donors (Lipinski definition) is 1. The van der Waals surface area contributed by atoms with Gasteiger partial charge in [0.05, 0.1) is 16.6 Å². The Kier molecular flexibility index (Phi) is 9.19. The van der Waals surface area contributed by atoms with Gasteiger partial charge in [-0.25, -0.2) is 9.38 Å². The van der Waals surface area contributed by atoms with Crippen LogP contribution in [0.5, 0.6) is 5.75 Å². The first-order valence-corrected chi connectivity index (χ1v) is 11.4. The maximum absolute atomic E-state index is 12.4. The van der Waals surface area contributed by atoms with Crippen molar-refractivity contribution in [2.24, 2.45) is 7.05 Å². The van der Waals surface area contributed by atoms with Gasteiger partial charge in [-0.1, -0.05) is 59.6 Å². The highest BCUT2D eigenvalue weighted by Gasteiger charge is 2.15. The minimum Gasteiger partial charge on any atom is -0.481 e. The van der Waals surface area contributed by atoms with Gasteiger partial charge in [0.1, 0.15) is 6.61 Å². The number of benzene rings is 2. The second kappa shape index (κ2) is 12.3. The van der Waals surface area contributed by atoms with E-state index in [0.29, 0.717) is 35.1 Å². The van der Waals surface area contributed by atoms with Crippen molar-refractivity contribution in [3.63, 3.8) is 0 Å². The number of aryl methyl sites for hydroxylation is 1. The van der Waals surface area contributed by atoms with Gasteiger partial charge >= 0.3 is 5.56 Å². The molecule has 0 unspecified atom stereocenters. The number of Topliss-reactive ketones (excluding diaryl/α,β-unsaturated/α-hetero) is 1. The van der Waals surface area contributed by atoms with Crippen LogP contribution in [0.4, 0.5) is 0 Å². The molecular formula is C25H24Cl2N4O4. The van der Waals surface area contributed by atoms with Crippen LogP contribution < -0.4 is 15.6 Å². The highest BCUT2D eigenvalue weighted by atomic mass is 35.5. The zero-order valence-corrected chi connectivity index (χ0v) is 20.7. The number of ketones is 1. The standard InChI is InChI=1S/C15H13N3O3.C10H11Cl2NO/c1-17-7-8-18-14(20)13(12(9-19)16-15(17)18)21-10-11-5-3-2-4-6-11;1-13-6-8(14)4-7-2-3-9(11)10(12)5-7/h2-9H,10H2,1H3;2-3,5,13H,4,6H2,1H3. The van der Waals surface area contributed by atoms with Crippen molar-refractivity contribution in [1.29, 1.82) is 0 Å². The van der Waals surface area contributed by atoms with Gasteiger partial charge < -0.3 is 14.6 Å². The van der Waals surface area contributed by atoms with Crippen LogP contribution in [0.15, 0.2) is 65.7 Å². The van der Waals surface area contributed by atoms with Gasteiger partial charge in [-0.15, -0.1) is 0 Å². The zero-order valence-electron chi connectivity index (χ0n) is 19.2. The molecule has 0 amide bonds. The van der Waals surface area contributed by atoms with Crippen LogP contribution >= 0.6 is 23.2 Å². The first-order chi connectivity index (χ1) is 16.8. The Balaban J connectivity index is 0.000000214. The fourth-order valence-corrected chi connectivity index (χ4v) is 3.54. The smallest absolute Gasteiger partial charge is 0.302 e. The van der Waals surface area contributed by atoms with E-state index in [1.165, 1.54) is 4.40 Å². The topological polar surface area (TPSA) is 94.7 Å². The summed E-state index contributed by atoms with van der Waals surface area (Å²) in [4.78, 5) is 39.0. The van der Waals surface area contributed by atoms with Gasteiger partial charge in [0.2, 0.25) is 11.5 Å². The Morgan fingerprint density at radius 2 is 1.83 bits per heavy atom. The number of nitrogens with one attached hydrogen (secondary N) is 1.